The van der Waals surface area contributed by atoms with Gasteiger partial charge in [0.2, 0.25) is 11.0 Å². The quantitative estimate of drug-likeness (QED) is 0.680. The molecule has 1 amide bonds. The zero-order chi connectivity index (χ0) is 19.2. The van der Waals surface area contributed by atoms with E-state index in [9.17, 15) is 4.79 Å². The Balaban J connectivity index is 1.57. The second-order valence-electron chi connectivity index (χ2n) is 6.65. The molecule has 2 unspecified atom stereocenters. The van der Waals surface area contributed by atoms with Crippen LogP contribution in [0.3, 0.4) is 0 Å². The number of ether oxygens (including phenoxy) is 1. The number of carbonyl (C=O) groups is 1. The normalized spacial score (nSPS) is 19.7. The van der Waals surface area contributed by atoms with Gasteiger partial charge in [-0.05, 0) is 52.2 Å². The molecule has 0 radical (unpaired) electrons. The molecule has 3 rings (SSSR count). The maximum Gasteiger partial charge on any atom is 0.233 e. The fourth-order valence-corrected chi connectivity index (χ4v) is 5.03. The Morgan fingerprint density at radius 3 is 2.78 bits per heavy atom. The summed E-state index contributed by atoms with van der Waals surface area (Å²) in [5, 5.41) is 12.3. The van der Waals surface area contributed by atoms with Crippen molar-refractivity contribution in [1.82, 2.24) is 15.1 Å². The molecule has 8 heteroatoms. The Morgan fingerprint density at radius 1 is 1.30 bits per heavy atom. The van der Waals surface area contributed by atoms with E-state index in [0.717, 1.165) is 28.6 Å². The number of carbonyl (C=O) groups excluding carboxylic acids is 1. The van der Waals surface area contributed by atoms with Crippen LogP contribution in [0.1, 0.15) is 40.0 Å². The monoisotopic (exact) mass is 406 g/mol. The number of anilines is 2. The Labute approximate surface area is 168 Å². The van der Waals surface area contributed by atoms with Crippen LogP contribution < -0.4 is 10.1 Å². The largest absolute Gasteiger partial charge is 0.492 e. The second kappa shape index (κ2) is 9.41. The van der Waals surface area contributed by atoms with Gasteiger partial charge >= 0.3 is 0 Å². The van der Waals surface area contributed by atoms with Gasteiger partial charge in [0, 0.05) is 12.1 Å². The van der Waals surface area contributed by atoms with Crippen molar-refractivity contribution in [3.63, 3.8) is 0 Å². The topological polar surface area (TPSA) is 67.3 Å². The smallest absolute Gasteiger partial charge is 0.233 e. The highest BCUT2D eigenvalue weighted by Crippen LogP contribution is 2.32. The van der Waals surface area contributed by atoms with Crippen LogP contribution in [0, 0.1) is 0 Å². The first-order valence-electron chi connectivity index (χ1n) is 9.34. The third kappa shape index (κ3) is 5.13. The lowest BCUT2D eigenvalue weighted by Gasteiger charge is -2.39. The fourth-order valence-electron chi connectivity index (χ4n) is 3.40. The SMILES string of the molecule is CCOc1ccccc1Nc1nnc(SCC(=O)N2C(C)CCCC2C)s1. The molecule has 6 nitrogen and oxygen atoms in total. The third-order valence-electron chi connectivity index (χ3n) is 4.64. The number of nitrogens with zero attached hydrogens (tertiary/aromatic N) is 3. The zero-order valence-electron chi connectivity index (χ0n) is 16.0. The third-order valence-corrected chi connectivity index (χ3v) is 6.59. The molecule has 1 aliphatic heterocycles. The number of para-hydroxylation sites is 2. The molecule has 0 spiro atoms. The second-order valence-corrected chi connectivity index (χ2v) is 8.85. The summed E-state index contributed by atoms with van der Waals surface area (Å²) in [7, 11) is 0. The minimum atomic E-state index is 0.186. The van der Waals surface area contributed by atoms with Crippen LogP contribution >= 0.6 is 23.1 Å². The van der Waals surface area contributed by atoms with E-state index < -0.39 is 0 Å². The van der Waals surface area contributed by atoms with Gasteiger partial charge in [-0.15, -0.1) is 10.2 Å². The van der Waals surface area contributed by atoms with E-state index >= 15 is 0 Å². The maximum absolute atomic E-state index is 12.6. The summed E-state index contributed by atoms with van der Waals surface area (Å²) in [4.78, 5) is 14.7. The highest BCUT2D eigenvalue weighted by Gasteiger charge is 2.28. The predicted molar refractivity (Wildman–Crippen MR) is 111 cm³/mol. The standard InChI is InChI=1S/C19H26N4O2S2/c1-4-25-16-11-6-5-10-15(16)20-18-21-22-19(27-18)26-12-17(24)23-13(2)8-7-9-14(23)3/h5-6,10-11,13-14H,4,7-9,12H2,1-3H3,(H,20,21). The van der Waals surface area contributed by atoms with Crippen molar-refractivity contribution in [3.05, 3.63) is 24.3 Å². The number of piperidine rings is 1. The van der Waals surface area contributed by atoms with Gasteiger partial charge in [0.25, 0.3) is 0 Å². The van der Waals surface area contributed by atoms with Crippen molar-refractivity contribution < 1.29 is 9.53 Å². The van der Waals surface area contributed by atoms with Crippen molar-refractivity contribution in [1.29, 1.82) is 0 Å². The van der Waals surface area contributed by atoms with Crippen molar-refractivity contribution in [2.75, 3.05) is 17.7 Å². The van der Waals surface area contributed by atoms with Gasteiger partial charge in [0.15, 0.2) is 4.34 Å². The number of hydrogen-bond donors (Lipinski definition) is 1. The molecule has 2 aromatic rings. The Kier molecular flexibility index (Phi) is 6.95. The molecule has 1 aliphatic rings. The zero-order valence-corrected chi connectivity index (χ0v) is 17.6. The summed E-state index contributed by atoms with van der Waals surface area (Å²) in [5.41, 5.74) is 0.860. The van der Waals surface area contributed by atoms with E-state index in [-0.39, 0.29) is 5.91 Å². The first kappa shape index (κ1) is 19.9. The molecule has 0 aliphatic carbocycles. The van der Waals surface area contributed by atoms with Crippen molar-refractivity contribution >= 4 is 39.8 Å². The summed E-state index contributed by atoms with van der Waals surface area (Å²) in [6.07, 6.45) is 3.38. The molecular formula is C19H26N4O2S2. The number of nitrogens with one attached hydrogen (secondary N) is 1. The van der Waals surface area contributed by atoms with Crippen molar-refractivity contribution in [2.24, 2.45) is 0 Å². The van der Waals surface area contributed by atoms with Gasteiger partial charge in [-0.25, -0.2) is 0 Å². The summed E-state index contributed by atoms with van der Waals surface area (Å²) < 4.78 is 6.41. The molecule has 2 heterocycles. The maximum atomic E-state index is 12.6. The van der Waals surface area contributed by atoms with Crippen molar-refractivity contribution in [2.45, 2.75) is 56.5 Å². The van der Waals surface area contributed by atoms with Gasteiger partial charge in [-0.1, -0.05) is 35.2 Å². The number of likely N-dealkylation sites (tertiary alicyclic amines) is 1. The van der Waals surface area contributed by atoms with Gasteiger partial charge in [0.05, 0.1) is 18.0 Å². The lowest BCUT2D eigenvalue weighted by Crippen LogP contribution is -2.48. The van der Waals surface area contributed by atoms with Gasteiger partial charge < -0.3 is 15.0 Å². The molecule has 146 valence electrons. The number of thioether (sulfide) groups is 1. The number of rotatable bonds is 7. The first-order chi connectivity index (χ1) is 13.1. The average Bonchev–Trinajstić information content (AvgIpc) is 3.09. The summed E-state index contributed by atoms with van der Waals surface area (Å²) in [6.45, 7) is 6.84. The van der Waals surface area contributed by atoms with Gasteiger partial charge in [-0.2, -0.15) is 0 Å². The van der Waals surface area contributed by atoms with E-state index in [1.807, 2.05) is 36.1 Å². The van der Waals surface area contributed by atoms with Crippen LogP contribution in [0.25, 0.3) is 0 Å². The van der Waals surface area contributed by atoms with E-state index in [1.54, 1.807) is 0 Å². The van der Waals surface area contributed by atoms with E-state index in [4.69, 9.17) is 4.74 Å². The summed E-state index contributed by atoms with van der Waals surface area (Å²) in [6, 6.07) is 8.39. The summed E-state index contributed by atoms with van der Waals surface area (Å²) >= 11 is 2.90. The van der Waals surface area contributed by atoms with Crippen LogP contribution in [0.2, 0.25) is 0 Å². The lowest BCUT2D eigenvalue weighted by atomic mass is 9.98. The van der Waals surface area contributed by atoms with Crippen LogP contribution in [0.4, 0.5) is 10.8 Å². The number of aromatic nitrogens is 2. The molecular weight excluding hydrogens is 380 g/mol. The average molecular weight is 407 g/mol. The number of amides is 1. The Morgan fingerprint density at radius 2 is 2.04 bits per heavy atom. The van der Waals surface area contributed by atoms with Gasteiger partial charge in [0.1, 0.15) is 5.75 Å². The minimum Gasteiger partial charge on any atom is -0.492 e. The van der Waals surface area contributed by atoms with Crippen LogP contribution in [0.5, 0.6) is 5.75 Å². The molecule has 1 saturated heterocycles. The van der Waals surface area contributed by atoms with Crippen molar-refractivity contribution in [3.8, 4) is 5.75 Å². The van der Waals surface area contributed by atoms with E-state index in [2.05, 4.69) is 29.4 Å². The highest BCUT2D eigenvalue weighted by molar-refractivity contribution is 8.01. The fraction of sp³-hybridized carbons (Fsp3) is 0.526. The molecule has 27 heavy (non-hydrogen) atoms. The van der Waals surface area contributed by atoms with Crippen LogP contribution in [-0.2, 0) is 4.79 Å². The van der Waals surface area contributed by atoms with E-state index in [0.29, 0.717) is 29.6 Å². The Bertz CT molecular complexity index is 758. The van der Waals surface area contributed by atoms with Gasteiger partial charge in [-0.3, -0.25) is 4.79 Å². The molecule has 0 bridgehead atoms. The molecule has 1 aromatic carbocycles. The molecule has 1 aromatic heterocycles. The molecule has 1 fully saturated rings. The molecule has 0 saturated carbocycles. The van der Waals surface area contributed by atoms with Crippen LogP contribution in [-0.4, -0.2) is 45.4 Å². The first-order valence-corrected chi connectivity index (χ1v) is 11.1. The van der Waals surface area contributed by atoms with E-state index in [1.165, 1.54) is 29.5 Å². The summed E-state index contributed by atoms with van der Waals surface area (Å²) in [5.74, 6) is 1.37. The number of hydrogen-bond acceptors (Lipinski definition) is 7. The van der Waals surface area contributed by atoms with Crippen LogP contribution in [0.15, 0.2) is 28.6 Å². The molecule has 1 N–H and O–H groups in total. The molecule has 2 atom stereocenters. The predicted octanol–water partition coefficient (Wildman–Crippen LogP) is 4.56. The highest BCUT2D eigenvalue weighted by atomic mass is 32.2. The number of benzene rings is 1. The Hall–Kier alpha value is -1.80. The lowest BCUT2D eigenvalue weighted by molar-refractivity contribution is -0.134. The minimum absolute atomic E-state index is 0.186.